The van der Waals surface area contributed by atoms with Crippen LogP contribution in [0.1, 0.15) is 57.4 Å². The molecule has 0 bridgehead atoms. The van der Waals surface area contributed by atoms with Crippen LogP contribution in [0.25, 0.3) is 11.3 Å². The summed E-state index contributed by atoms with van der Waals surface area (Å²) in [4.78, 5) is 0. The highest BCUT2D eigenvalue weighted by Crippen LogP contribution is 2.34. The molecular weight excluding hydrogens is 327 g/mol. The number of rotatable bonds is 7. The molecule has 0 atom stereocenters. The number of halogens is 1. The number of methoxy groups -OCH3 is 1. The van der Waals surface area contributed by atoms with E-state index in [4.69, 9.17) is 4.74 Å². The lowest BCUT2D eigenvalue weighted by molar-refractivity contribution is 0.252. The summed E-state index contributed by atoms with van der Waals surface area (Å²) in [6.45, 7) is 2.28. The number of aryl methyl sites for hydroxylation is 1. The third-order valence-corrected chi connectivity index (χ3v) is 5.66. The zero-order valence-corrected chi connectivity index (χ0v) is 15.9. The molecule has 1 aromatic heterocycles. The molecular formula is C22H29FN2O. The van der Waals surface area contributed by atoms with Crippen LogP contribution in [0.15, 0.2) is 30.3 Å². The molecule has 0 amide bonds. The van der Waals surface area contributed by atoms with E-state index in [2.05, 4.69) is 17.1 Å². The Morgan fingerprint density at radius 1 is 1.00 bits per heavy atom. The molecule has 0 saturated heterocycles. The van der Waals surface area contributed by atoms with Crippen LogP contribution in [0.5, 0.6) is 5.88 Å². The first kappa shape index (κ1) is 18.8. The van der Waals surface area contributed by atoms with Crippen molar-refractivity contribution in [3.8, 4) is 17.1 Å². The molecule has 1 aromatic carbocycles. The molecule has 0 spiro atoms. The van der Waals surface area contributed by atoms with E-state index in [9.17, 15) is 4.39 Å². The Hall–Kier alpha value is -1.97. The van der Waals surface area contributed by atoms with Crippen molar-refractivity contribution in [2.24, 2.45) is 11.8 Å². The van der Waals surface area contributed by atoms with Gasteiger partial charge in [0, 0.05) is 11.6 Å². The maximum Gasteiger partial charge on any atom is 0.233 e. The molecule has 0 radical (unpaired) electrons. The lowest BCUT2D eigenvalue weighted by atomic mass is 9.78. The van der Waals surface area contributed by atoms with Gasteiger partial charge in [-0.3, -0.25) is 0 Å². The van der Waals surface area contributed by atoms with E-state index in [-0.39, 0.29) is 5.82 Å². The Labute approximate surface area is 156 Å². The summed E-state index contributed by atoms with van der Waals surface area (Å²) in [5, 5.41) is 7.95. The lowest BCUT2D eigenvalue weighted by Crippen LogP contribution is -2.15. The summed E-state index contributed by atoms with van der Waals surface area (Å²) in [7, 11) is 1.54. The van der Waals surface area contributed by atoms with Gasteiger partial charge in [0.25, 0.3) is 0 Å². The Bertz CT molecular complexity index is 694. The third kappa shape index (κ3) is 4.80. The summed E-state index contributed by atoms with van der Waals surface area (Å²) in [6.07, 6.45) is 10.2. The molecule has 140 valence electrons. The van der Waals surface area contributed by atoms with Crippen molar-refractivity contribution in [1.82, 2.24) is 10.2 Å². The highest BCUT2D eigenvalue weighted by molar-refractivity contribution is 5.60. The molecule has 0 unspecified atom stereocenters. The number of benzene rings is 1. The van der Waals surface area contributed by atoms with Crippen molar-refractivity contribution in [2.45, 2.75) is 58.3 Å². The molecule has 0 aliphatic heterocycles. The average molecular weight is 356 g/mol. The Morgan fingerprint density at radius 2 is 1.73 bits per heavy atom. The van der Waals surface area contributed by atoms with Gasteiger partial charge in [0.05, 0.1) is 12.8 Å². The van der Waals surface area contributed by atoms with Gasteiger partial charge in [-0.05, 0) is 48.4 Å². The van der Waals surface area contributed by atoms with Crippen LogP contribution in [0, 0.1) is 17.7 Å². The third-order valence-electron chi connectivity index (χ3n) is 5.66. The van der Waals surface area contributed by atoms with Crippen LogP contribution in [0.3, 0.4) is 0 Å². The number of ether oxygens (including phenoxy) is 1. The first-order valence-electron chi connectivity index (χ1n) is 9.86. The van der Waals surface area contributed by atoms with Crippen molar-refractivity contribution in [3.05, 3.63) is 41.7 Å². The maximum atomic E-state index is 14.5. The van der Waals surface area contributed by atoms with Crippen LogP contribution >= 0.6 is 0 Å². The Kier molecular flexibility index (Phi) is 6.59. The molecule has 4 heteroatoms. The first-order valence-corrected chi connectivity index (χ1v) is 9.86. The monoisotopic (exact) mass is 356 g/mol. The SMILES string of the molecule is CCCC1CCC(CCc2ccc(-c3ccc(OC)nn3)c(F)c2)CC1. The van der Waals surface area contributed by atoms with Crippen LogP contribution in [-0.4, -0.2) is 17.3 Å². The second-order valence-corrected chi connectivity index (χ2v) is 7.49. The summed E-state index contributed by atoms with van der Waals surface area (Å²) in [6, 6.07) is 8.93. The molecule has 1 heterocycles. The van der Waals surface area contributed by atoms with E-state index < -0.39 is 0 Å². The number of hydrogen-bond donors (Lipinski definition) is 0. The van der Waals surface area contributed by atoms with Gasteiger partial charge in [0.2, 0.25) is 5.88 Å². The molecule has 26 heavy (non-hydrogen) atoms. The minimum absolute atomic E-state index is 0.228. The normalized spacial score (nSPS) is 20.1. The first-order chi connectivity index (χ1) is 12.7. The lowest BCUT2D eigenvalue weighted by Gasteiger charge is -2.28. The van der Waals surface area contributed by atoms with E-state index in [0.29, 0.717) is 17.1 Å². The number of hydrogen-bond acceptors (Lipinski definition) is 3. The summed E-state index contributed by atoms with van der Waals surface area (Å²) in [5.41, 5.74) is 2.09. The molecule has 2 aromatic rings. The van der Waals surface area contributed by atoms with Gasteiger partial charge in [-0.2, -0.15) is 0 Å². The fourth-order valence-electron chi connectivity index (χ4n) is 4.08. The van der Waals surface area contributed by atoms with Crippen molar-refractivity contribution >= 4 is 0 Å². The molecule has 3 rings (SSSR count). The molecule has 1 aliphatic rings. The van der Waals surface area contributed by atoms with E-state index in [1.165, 1.54) is 52.1 Å². The van der Waals surface area contributed by atoms with Gasteiger partial charge in [-0.1, -0.05) is 51.5 Å². The van der Waals surface area contributed by atoms with E-state index in [0.717, 1.165) is 23.8 Å². The number of aromatic nitrogens is 2. The quantitative estimate of drug-likeness (QED) is 0.626. The van der Waals surface area contributed by atoms with Crippen LogP contribution < -0.4 is 4.74 Å². The second-order valence-electron chi connectivity index (χ2n) is 7.49. The van der Waals surface area contributed by atoms with Gasteiger partial charge in [0.1, 0.15) is 5.82 Å². The predicted molar refractivity (Wildman–Crippen MR) is 103 cm³/mol. The molecule has 1 fully saturated rings. The average Bonchev–Trinajstić information content (AvgIpc) is 2.68. The maximum absolute atomic E-state index is 14.5. The fraction of sp³-hybridized carbons (Fsp3) is 0.545. The van der Waals surface area contributed by atoms with Gasteiger partial charge >= 0.3 is 0 Å². The van der Waals surface area contributed by atoms with E-state index >= 15 is 0 Å². The van der Waals surface area contributed by atoms with E-state index in [1.54, 1.807) is 18.2 Å². The van der Waals surface area contributed by atoms with Gasteiger partial charge in [-0.25, -0.2) is 4.39 Å². The predicted octanol–water partition coefficient (Wildman–Crippen LogP) is 5.83. The highest BCUT2D eigenvalue weighted by Gasteiger charge is 2.20. The summed E-state index contributed by atoms with van der Waals surface area (Å²) < 4.78 is 19.5. The zero-order valence-electron chi connectivity index (χ0n) is 15.9. The molecule has 1 aliphatic carbocycles. The summed E-state index contributed by atoms with van der Waals surface area (Å²) in [5.74, 6) is 1.95. The second kappa shape index (κ2) is 9.11. The zero-order chi connectivity index (χ0) is 18.4. The number of nitrogens with zero attached hydrogens (tertiary/aromatic N) is 2. The molecule has 0 N–H and O–H groups in total. The molecule has 3 nitrogen and oxygen atoms in total. The Morgan fingerprint density at radius 3 is 2.31 bits per heavy atom. The van der Waals surface area contributed by atoms with Crippen molar-refractivity contribution in [1.29, 1.82) is 0 Å². The van der Waals surface area contributed by atoms with Gasteiger partial charge < -0.3 is 4.74 Å². The van der Waals surface area contributed by atoms with Crippen LogP contribution in [0.4, 0.5) is 4.39 Å². The highest BCUT2D eigenvalue weighted by atomic mass is 19.1. The van der Waals surface area contributed by atoms with Gasteiger partial charge in [0.15, 0.2) is 0 Å². The smallest absolute Gasteiger partial charge is 0.233 e. The molecule has 1 saturated carbocycles. The van der Waals surface area contributed by atoms with Crippen LogP contribution in [-0.2, 0) is 6.42 Å². The topological polar surface area (TPSA) is 35.0 Å². The van der Waals surface area contributed by atoms with Crippen molar-refractivity contribution in [3.63, 3.8) is 0 Å². The van der Waals surface area contributed by atoms with Crippen LogP contribution in [0.2, 0.25) is 0 Å². The minimum Gasteiger partial charge on any atom is -0.480 e. The summed E-state index contributed by atoms with van der Waals surface area (Å²) >= 11 is 0. The van der Waals surface area contributed by atoms with Gasteiger partial charge in [-0.15, -0.1) is 10.2 Å². The van der Waals surface area contributed by atoms with Crippen molar-refractivity contribution < 1.29 is 9.13 Å². The standard InChI is InChI=1S/C22H29FN2O/c1-3-4-16-5-7-17(8-6-16)9-10-18-11-12-19(20(23)15-18)21-13-14-22(26-2)25-24-21/h11-17H,3-10H2,1-2H3. The van der Waals surface area contributed by atoms with Crippen molar-refractivity contribution in [2.75, 3.05) is 7.11 Å². The largest absolute Gasteiger partial charge is 0.480 e. The Balaban J connectivity index is 1.56. The fourth-order valence-corrected chi connectivity index (χ4v) is 4.08. The minimum atomic E-state index is -0.228. The van der Waals surface area contributed by atoms with E-state index in [1.807, 2.05) is 12.1 Å².